The fourth-order valence-electron chi connectivity index (χ4n) is 2.07. The lowest BCUT2D eigenvalue weighted by atomic mass is 10.1. The molecule has 1 aromatic rings. The Hall–Kier alpha value is -1.92. The van der Waals surface area contributed by atoms with Gasteiger partial charge in [-0.25, -0.2) is 0 Å². The maximum absolute atomic E-state index is 12.1. The molecule has 2 amide bonds. The van der Waals surface area contributed by atoms with Crippen molar-refractivity contribution in [2.75, 3.05) is 39.2 Å². The van der Waals surface area contributed by atoms with Gasteiger partial charge < -0.3 is 15.2 Å². The van der Waals surface area contributed by atoms with E-state index >= 15 is 0 Å². The number of nitrogens with zero attached hydrogens (tertiary/aromatic N) is 1. The first-order valence-electron chi connectivity index (χ1n) is 6.47. The lowest BCUT2D eigenvalue weighted by molar-refractivity contribution is 0.0538. The van der Waals surface area contributed by atoms with Crippen LogP contribution in [-0.4, -0.2) is 50.2 Å². The second-order valence-electron chi connectivity index (χ2n) is 4.53. The van der Waals surface area contributed by atoms with Gasteiger partial charge in [-0.1, -0.05) is 0 Å². The number of carbonyl (C=O) groups excluding carboxylic acids is 2. The molecule has 1 heterocycles. The summed E-state index contributed by atoms with van der Waals surface area (Å²) in [6, 6.07) is 4.74. The summed E-state index contributed by atoms with van der Waals surface area (Å²) in [5.41, 5.74) is 6.88. The number of imide groups is 1. The standard InChI is InChI=1S/C14H18N2O4/c1-19-6-2-7-20-8-5-16-13(17)11-4-3-10(15)9-12(11)14(16)18/h3-4,9H,2,5-8,15H2,1H3. The molecule has 0 spiro atoms. The minimum atomic E-state index is -0.308. The molecule has 0 aromatic heterocycles. The molecule has 0 unspecified atom stereocenters. The number of fused-ring (bicyclic) bond motifs is 1. The molecule has 0 aliphatic carbocycles. The van der Waals surface area contributed by atoms with Gasteiger partial charge in [-0.3, -0.25) is 14.5 Å². The third kappa shape index (κ3) is 2.97. The van der Waals surface area contributed by atoms with Crippen LogP contribution in [-0.2, 0) is 9.47 Å². The maximum Gasteiger partial charge on any atom is 0.261 e. The lowest BCUT2D eigenvalue weighted by Gasteiger charge is -2.13. The summed E-state index contributed by atoms with van der Waals surface area (Å²) in [6.07, 6.45) is 0.787. The van der Waals surface area contributed by atoms with Crippen molar-refractivity contribution < 1.29 is 19.1 Å². The average molecular weight is 278 g/mol. The van der Waals surface area contributed by atoms with Crippen molar-refractivity contribution in [3.05, 3.63) is 29.3 Å². The van der Waals surface area contributed by atoms with Gasteiger partial charge in [0.1, 0.15) is 0 Å². The number of amides is 2. The quantitative estimate of drug-likeness (QED) is 0.455. The van der Waals surface area contributed by atoms with E-state index in [0.29, 0.717) is 36.6 Å². The van der Waals surface area contributed by atoms with Gasteiger partial charge >= 0.3 is 0 Å². The average Bonchev–Trinajstić information content (AvgIpc) is 2.67. The molecule has 20 heavy (non-hydrogen) atoms. The van der Waals surface area contributed by atoms with E-state index in [9.17, 15) is 9.59 Å². The third-order valence-electron chi connectivity index (χ3n) is 3.09. The largest absolute Gasteiger partial charge is 0.399 e. The van der Waals surface area contributed by atoms with Crippen molar-refractivity contribution in [1.29, 1.82) is 0 Å². The first-order chi connectivity index (χ1) is 9.65. The van der Waals surface area contributed by atoms with Crippen LogP contribution in [0, 0.1) is 0 Å². The summed E-state index contributed by atoms with van der Waals surface area (Å²) < 4.78 is 10.3. The summed E-state index contributed by atoms with van der Waals surface area (Å²) in [6.45, 7) is 1.75. The Morgan fingerprint density at radius 1 is 1.10 bits per heavy atom. The Balaban J connectivity index is 1.89. The molecule has 0 fully saturated rings. The van der Waals surface area contributed by atoms with Crippen molar-refractivity contribution >= 4 is 17.5 Å². The van der Waals surface area contributed by atoms with Gasteiger partial charge in [0.25, 0.3) is 11.8 Å². The van der Waals surface area contributed by atoms with Gasteiger partial charge in [-0.05, 0) is 24.6 Å². The molecule has 0 radical (unpaired) electrons. The Kier molecular flexibility index (Phi) is 4.70. The van der Waals surface area contributed by atoms with Crippen LogP contribution >= 0.6 is 0 Å². The molecular formula is C14H18N2O4. The molecule has 1 aliphatic heterocycles. The number of ether oxygens (including phenoxy) is 2. The van der Waals surface area contributed by atoms with E-state index in [0.717, 1.165) is 6.42 Å². The predicted molar refractivity (Wildman–Crippen MR) is 73.5 cm³/mol. The highest BCUT2D eigenvalue weighted by Crippen LogP contribution is 2.24. The van der Waals surface area contributed by atoms with Crippen LogP contribution in [0.4, 0.5) is 5.69 Å². The van der Waals surface area contributed by atoms with Crippen LogP contribution in [0.25, 0.3) is 0 Å². The zero-order chi connectivity index (χ0) is 14.5. The van der Waals surface area contributed by atoms with Crippen LogP contribution in [0.5, 0.6) is 0 Å². The SMILES string of the molecule is COCCCOCCN1C(=O)c2ccc(N)cc2C1=O. The highest BCUT2D eigenvalue weighted by atomic mass is 16.5. The number of rotatable bonds is 7. The van der Waals surface area contributed by atoms with E-state index in [-0.39, 0.29) is 18.4 Å². The van der Waals surface area contributed by atoms with Gasteiger partial charge in [-0.2, -0.15) is 0 Å². The molecule has 1 aromatic carbocycles. The van der Waals surface area contributed by atoms with Gasteiger partial charge in [-0.15, -0.1) is 0 Å². The Labute approximate surface area is 117 Å². The molecular weight excluding hydrogens is 260 g/mol. The highest BCUT2D eigenvalue weighted by Gasteiger charge is 2.35. The topological polar surface area (TPSA) is 81.9 Å². The molecule has 2 N–H and O–H groups in total. The van der Waals surface area contributed by atoms with E-state index in [2.05, 4.69) is 0 Å². The number of anilines is 1. The fourth-order valence-corrected chi connectivity index (χ4v) is 2.07. The summed E-state index contributed by atoms with van der Waals surface area (Å²) in [7, 11) is 1.63. The normalized spacial score (nSPS) is 13.9. The summed E-state index contributed by atoms with van der Waals surface area (Å²) in [5, 5.41) is 0. The number of hydrogen-bond donors (Lipinski definition) is 1. The van der Waals surface area contributed by atoms with Gasteiger partial charge in [0.2, 0.25) is 0 Å². The number of nitrogens with two attached hydrogens (primary N) is 1. The van der Waals surface area contributed by atoms with Crippen molar-refractivity contribution in [3.8, 4) is 0 Å². The van der Waals surface area contributed by atoms with Crippen molar-refractivity contribution in [2.45, 2.75) is 6.42 Å². The lowest BCUT2D eigenvalue weighted by Crippen LogP contribution is -2.33. The Morgan fingerprint density at radius 2 is 1.85 bits per heavy atom. The molecule has 0 saturated carbocycles. The molecule has 0 bridgehead atoms. The molecule has 0 saturated heterocycles. The number of nitrogen functional groups attached to an aromatic ring is 1. The maximum atomic E-state index is 12.1. The zero-order valence-corrected chi connectivity index (χ0v) is 11.4. The van der Waals surface area contributed by atoms with Crippen LogP contribution in [0.15, 0.2) is 18.2 Å². The van der Waals surface area contributed by atoms with Crippen molar-refractivity contribution in [3.63, 3.8) is 0 Å². The van der Waals surface area contributed by atoms with Crippen LogP contribution < -0.4 is 5.73 Å². The summed E-state index contributed by atoms with van der Waals surface area (Å²) in [5.74, 6) is -0.594. The van der Waals surface area contributed by atoms with Crippen LogP contribution in [0.3, 0.4) is 0 Å². The van der Waals surface area contributed by atoms with Crippen molar-refractivity contribution in [2.24, 2.45) is 0 Å². The minimum Gasteiger partial charge on any atom is -0.399 e. The molecule has 108 valence electrons. The fraction of sp³-hybridized carbons (Fsp3) is 0.429. The minimum absolute atomic E-state index is 0.249. The number of hydrogen-bond acceptors (Lipinski definition) is 5. The highest BCUT2D eigenvalue weighted by molar-refractivity contribution is 6.21. The van der Waals surface area contributed by atoms with Crippen molar-refractivity contribution in [1.82, 2.24) is 4.90 Å². The number of methoxy groups -OCH3 is 1. The zero-order valence-electron chi connectivity index (χ0n) is 11.4. The molecule has 0 atom stereocenters. The monoisotopic (exact) mass is 278 g/mol. The third-order valence-corrected chi connectivity index (χ3v) is 3.09. The van der Waals surface area contributed by atoms with E-state index < -0.39 is 0 Å². The number of benzene rings is 1. The Bertz CT molecular complexity index is 516. The van der Waals surface area contributed by atoms with E-state index in [1.165, 1.54) is 11.0 Å². The first kappa shape index (κ1) is 14.5. The van der Waals surface area contributed by atoms with E-state index in [1.54, 1.807) is 19.2 Å². The molecule has 1 aliphatic rings. The smallest absolute Gasteiger partial charge is 0.261 e. The predicted octanol–water partition coefficient (Wildman–Crippen LogP) is 0.918. The second kappa shape index (κ2) is 6.49. The van der Waals surface area contributed by atoms with E-state index in [1.807, 2.05) is 0 Å². The molecule has 6 heteroatoms. The summed E-state index contributed by atoms with van der Waals surface area (Å²) >= 11 is 0. The van der Waals surface area contributed by atoms with Crippen LogP contribution in [0.1, 0.15) is 27.1 Å². The molecule has 2 rings (SSSR count). The van der Waals surface area contributed by atoms with Gasteiger partial charge in [0.15, 0.2) is 0 Å². The molecule has 6 nitrogen and oxygen atoms in total. The summed E-state index contributed by atoms with van der Waals surface area (Å²) in [4.78, 5) is 25.4. The second-order valence-corrected chi connectivity index (χ2v) is 4.53. The first-order valence-corrected chi connectivity index (χ1v) is 6.47. The Morgan fingerprint density at radius 3 is 2.60 bits per heavy atom. The van der Waals surface area contributed by atoms with Crippen LogP contribution in [0.2, 0.25) is 0 Å². The van der Waals surface area contributed by atoms with E-state index in [4.69, 9.17) is 15.2 Å². The number of carbonyl (C=O) groups is 2. The van der Waals surface area contributed by atoms with Gasteiger partial charge in [0.05, 0.1) is 24.3 Å². The van der Waals surface area contributed by atoms with Gasteiger partial charge in [0, 0.05) is 26.0 Å².